The van der Waals surface area contributed by atoms with Gasteiger partial charge in [0, 0.05) is 11.1 Å². The monoisotopic (exact) mass is 246 g/mol. The van der Waals surface area contributed by atoms with Crippen molar-refractivity contribution in [1.29, 1.82) is 0 Å². The van der Waals surface area contributed by atoms with Crippen molar-refractivity contribution in [3.05, 3.63) is 22.8 Å². The van der Waals surface area contributed by atoms with Crippen molar-refractivity contribution in [2.45, 2.75) is 38.0 Å². The zero-order valence-corrected chi connectivity index (χ0v) is 11.1. The van der Waals surface area contributed by atoms with Gasteiger partial charge in [-0.05, 0) is 44.1 Å². The summed E-state index contributed by atoms with van der Waals surface area (Å²) in [5, 5.41) is 0. The first-order valence-corrected chi connectivity index (χ1v) is 6.47. The van der Waals surface area contributed by atoms with Crippen LogP contribution in [-0.2, 0) is 0 Å². The Labute approximate surface area is 107 Å². The fraction of sp³-hybridized carbons (Fsp3) is 0.533. The summed E-state index contributed by atoms with van der Waals surface area (Å²) >= 11 is 0. The van der Waals surface area contributed by atoms with E-state index in [0.717, 1.165) is 11.5 Å². The molecule has 2 bridgehead atoms. The summed E-state index contributed by atoms with van der Waals surface area (Å²) in [6, 6.07) is 1.85. The van der Waals surface area contributed by atoms with Crippen molar-refractivity contribution < 1.29 is 14.3 Å². The van der Waals surface area contributed by atoms with Crippen LogP contribution in [0.3, 0.4) is 0 Å². The molecule has 3 heteroatoms. The van der Waals surface area contributed by atoms with Gasteiger partial charge < -0.3 is 9.47 Å². The molecule has 0 spiro atoms. The van der Waals surface area contributed by atoms with E-state index in [0.29, 0.717) is 17.4 Å². The molecule has 0 saturated heterocycles. The van der Waals surface area contributed by atoms with E-state index in [4.69, 9.17) is 9.47 Å². The normalized spacial score (nSPS) is 23.9. The lowest BCUT2D eigenvalue weighted by Gasteiger charge is -2.22. The van der Waals surface area contributed by atoms with Crippen LogP contribution in [0, 0.1) is 0 Å². The zero-order valence-electron chi connectivity index (χ0n) is 11.1. The van der Waals surface area contributed by atoms with Crippen LogP contribution in [0.1, 0.15) is 59.5 Å². The Kier molecular flexibility index (Phi) is 2.58. The summed E-state index contributed by atoms with van der Waals surface area (Å²) < 4.78 is 11.0. The average molecular weight is 246 g/mol. The smallest absolute Gasteiger partial charge is 0.163 e. The number of hydrogen-bond acceptors (Lipinski definition) is 3. The molecule has 0 aliphatic heterocycles. The highest BCUT2D eigenvalue weighted by Gasteiger charge is 2.42. The van der Waals surface area contributed by atoms with Crippen molar-refractivity contribution in [3.63, 3.8) is 0 Å². The first-order chi connectivity index (χ1) is 8.67. The highest BCUT2D eigenvalue weighted by atomic mass is 16.5. The second-order valence-electron chi connectivity index (χ2n) is 5.25. The number of ether oxygens (including phenoxy) is 2. The quantitative estimate of drug-likeness (QED) is 0.768. The second kappa shape index (κ2) is 4.01. The van der Waals surface area contributed by atoms with Crippen LogP contribution in [0.5, 0.6) is 11.5 Å². The number of rotatable bonds is 3. The van der Waals surface area contributed by atoms with Crippen molar-refractivity contribution >= 4 is 5.78 Å². The molecule has 0 amide bonds. The third-order valence-corrected chi connectivity index (χ3v) is 4.37. The van der Waals surface area contributed by atoms with Gasteiger partial charge in [-0.25, -0.2) is 0 Å². The molecule has 0 heterocycles. The molecule has 96 valence electrons. The second-order valence-corrected chi connectivity index (χ2v) is 5.25. The molecule has 2 unspecified atom stereocenters. The van der Waals surface area contributed by atoms with E-state index in [9.17, 15) is 4.79 Å². The van der Waals surface area contributed by atoms with Crippen molar-refractivity contribution in [1.82, 2.24) is 0 Å². The van der Waals surface area contributed by atoms with Crippen molar-refractivity contribution in [3.8, 4) is 11.5 Å². The summed E-state index contributed by atoms with van der Waals surface area (Å²) in [7, 11) is 3.33. The van der Waals surface area contributed by atoms with Crippen LogP contribution < -0.4 is 9.47 Å². The van der Waals surface area contributed by atoms with Gasteiger partial charge in [0.2, 0.25) is 0 Å². The fourth-order valence-corrected chi connectivity index (χ4v) is 3.66. The maximum atomic E-state index is 11.8. The minimum absolute atomic E-state index is 0.0377. The van der Waals surface area contributed by atoms with Gasteiger partial charge >= 0.3 is 0 Å². The number of ketones is 1. The molecular formula is C15H18O3. The number of benzene rings is 1. The standard InChI is InChI=1S/C15H18O3/c1-8(16)11-7-12(17-2)13-9-4-5-10(6-9)14(13)15(11)18-3/h7,9-10H,4-6H2,1-3H3. The van der Waals surface area contributed by atoms with Gasteiger partial charge in [0.25, 0.3) is 0 Å². The number of hydrogen-bond donors (Lipinski definition) is 0. The van der Waals surface area contributed by atoms with Crippen LogP contribution in [0.4, 0.5) is 0 Å². The van der Waals surface area contributed by atoms with Gasteiger partial charge in [0.1, 0.15) is 11.5 Å². The van der Waals surface area contributed by atoms with Crippen molar-refractivity contribution in [2.75, 3.05) is 14.2 Å². The topological polar surface area (TPSA) is 35.5 Å². The first kappa shape index (κ1) is 11.6. The Balaban J connectivity index is 2.29. The van der Waals surface area contributed by atoms with Gasteiger partial charge in [-0.1, -0.05) is 0 Å². The molecular weight excluding hydrogens is 228 g/mol. The van der Waals surface area contributed by atoms with E-state index in [1.807, 2.05) is 6.07 Å². The Morgan fingerprint density at radius 3 is 2.39 bits per heavy atom. The van der Waals surface area contributed by atoms with E-state index >= 15 is 0 Å². The van der Waals surface area contributed by atoms with E-state index in [1.165, 1.54) is 30.4 Å². The molecule has 18 heavy (non-hydrogen) atoms. The summed E-state index contributed by atoms with van der Waals surface area (Å²) in [4.78, 5) is 11.8. The summed E-state index contributed by atoms with van der Waals surface area (Å²) in [6.45, 7) is 1.58. The maximum absolute atomic E-state index is 11.8. The fourth-order valence-electron chi connectivity index (χ4n) is 3.66. The number of carbonyl (C=O) groups is 1. The molecule has 3 rings (SSSR count). The molecule has 2 aliphatic rings. The van der Waals surface area contributed by atoms with Crippen LogP contribution in [0.2, 0.25) is 0 Å². The minimum atomic E-state index is 0.0377. The van der Waals surface area contributed by atoms with Crippen LogP contribution in [0.25, 0.3) is 0 Å². The molecule has 0 aromatic heterocycles. The molecule has 0 radical (unpaired) electrons. The van der Waals surface area contributed by atoms with E-state index < -0.39 is 0 Å². The van der Waals surface area contributed by atoms with Gasteiger partial charge in [0.05, 0.1) is 19.8 Å². The SMILES string of the molecule is COc1cc(C(C)=O)c(OC)c2c1C1CCC2C1. The van der Waals surface area contributed by atoms with E-state index in [1.54, 1.807) is 21.1 Å². The summed E-state index contributed by atoms with van der Waals surface area (Å²) in [5.41, 5.74) is 3.18. The number of methoxy groups -OCH3 is 2. The number of fused-ring (bicyclic) bond motifs is 5. The molecule has 1 aromatic rings. The van der Waals surface area contributed by atoms with Crippen LogP contribution in [0.15, 0.2) is 6.07 Å². The lowest BCUT2D eigenvalue weighted by atomic mass is 9.87. The third-order valence-electron chi connectivity index (χ3n) is 4.37. The predicted molar refractivity (Wildman–Crippen MR) is 68.9 cm³/mol. The number of carbonyl (C=O) groups excluding carboxylic acids is 1. The van der Waals surface area contributed by atoms with Gasteiger partial charge in [-0.15, -0.1) is 0 Å². The summed E-state index contributed by atoms with van der Waals surface area (Å²) in [5.74, 6) is 2.83. The summed E-state index contributed by atoms with van der Waals surface area (Å²) in [6.07, 6.45) is 3.62. The Bertz CT molecular complexity index is 519. The molecule has 1 aromatic carbocycles. The Morgan fingerprint density at radius 1 is 1.17 bits per heavy atom. The Hall–Kier alpha value is -1.51. The molecule has 2 aliphatic carbocycles. The predicted octanol–water partition coefficient (Wildman–Crippen LogP) is 3.27. The molecule has 2 atom stereocenters. The highest BCUT2D eigenvalue weighted by molar-refractivity contribution is 5.98. The van der Waals surface area contributed by atoms with Gasteiger partial charge in [0.15, 0.2) is 5.78 Å². The van der Waals surface area contributed by atoms with Crippen LogP contribution >= 0.6 is 0 Å². The van der Waals surface area contributed by atoms with Gasteiger partial charge in [-0.3, -0.25) is 4.79 Å². The van der Waals surface area contributed by atoms with Gasteiger partial charge in [-0.2, -0.15) is 0 Å². The maximum Gasteiger partial charge on any atom is 0.163 e. The highest BCUT2D eigenvalue weighted by Crippen LogP contribution is 2.59. The molecule has 1 saturated carbocycles. The Morgan fingerprint density at radius 2 is 1.83 bits per heavy atom. The number of Topliss-reactive ketones (excluding diaryl/α,β-unsaturated/α-hetero) is 1. The molecule has 0 N–H and O–H groups in total. The zero-order chi connectivity index (χ0) is 12.9. The van der Waals surface area contributed by atoms with E-state index in [2.05, 4.69) is 0 Å². The average Bonchev–Trinajstić information content (AvgIpc) is 2.97. The lowest BCUT2D eigenvalue weighted by Crippen LogP contribution is -2.08. The van der Waals surface area contributed by atoms with Crippen LogP contribution in [-0.4, -0.2) is 20.0 Å². The molecule has 1 fully saturated rings. The first-order valence-electron chi connectivity index (χ1n) is 6.47. The minimum Gasteiger partial charge on any atom is -0.496 e. The molecule has 3 nitrogen and oxygen atoms in total. The third kappa shape index (κ3) is 1.39. The lowest BCUT2D eigenvalue weighted by molar-refractivity contribution is 0.101. The van der Waals surface area contributed by atoms with Crippen molar-refractivity contribution in [2.24, 2.45) is 0 Å². The largest absolute Gasteiger partial charge is 0.496 e. The van der Waals surface area contributed by atoms with E-state index in [-0.39, 0.29) is 5.78 Å².